The summed E-state index contributed by atoms with van der Waals surface area (Å²) < 4.78 is 0. The summed E-state index contributed by atoms with van der Waals surface area (Å²) in [6.45, 7) is 2.17. The van der Waals surface area contributed by atoms with Gasteiger partial charge in [-0.05, 0) is 31.5 Å². The SMILES string of the molecule is BrCC1CCCCCN1Cc1ccc2ccccc2n1. The van der Waals surface area contributed by atoms with Crippen LogP contribution in [-0.4, -0.2) is 27.8 Å². The molecule has 3 rings (SSSR count). The summed E-state index contributed by atoms with van der Waals surface area (Å²) in [6.07, 6.45) is 5.35. The van der Waals surface area contributed by atoms with Crippen molar-refractivity contribution < 1.29 is 0 Å². The minimum Gasteiger partial charge on any atom is -0.294 e. The highest BCUT2D eigenvalue weighted by Gasteiger charge is 2.20. The van der Waals surface area contributed by atoms with Crippen LogP contribution in [-0.2, 0) is 6.54 Å². The number of rotatable bonds is 3. The number of benzene rings is 1. The minimum absolute atomic E-state index is 0.658. The monoisotopic (exact) mass is 332 g/mol. The molecule has 1 aromatic heterocycles. The molecule has 0 bridgehead atoms. The third kappa shape index (κ3) is 3.21. The highest BCUT2D eigenvalue weighted by molar-refractivity contribution is 9.09. The predicted molar refractivity (Wildman–Crippen MR) is 88.2 cm³/mol. The molecule has 0 N–H and O–H groups in total. The Bertz CT molecular complexity index is 570. The van der Waals surface area contributed by atoms with Gasteiger partial charge in [-0.1, -0.05) is 53.0 Å². The topological polar surface area (TPSA) is 16.1 Å². The Labute approximate surface area is 129 Å². The Balaban J connectivity index is 1.80. The first kappa shape index (κ1) is 14.0. The molecule has 106 valence electrons. The Morgan fingerprint density at radius 2 is 2.00 bits per heavy atom. The van der Waals surface area contributed by atoms with E-state index in [1.165, 1.54) is 43.3 Å². The maximum atomic E-state index is 4.81. The first-order valence-corrected chi connectivity index (χ1v) is 8.63. The van der Waals surface area contributed by atoms with Crippen LogP contribution >= 0.6 is 15.9 Å². The first-order valence-electron chi connectivity index (χ1n) is 7.51. The van der Waals surface area contributed by atoms with Crippen molar-refractivity contribution in [3.05, 3.63) is 42.1 Å². The smallest absolute Gasteiger partial charge is 0.0705 e. The summed E-state index contributed by atoms with van der Waals surface area (Å²) in [6, 6.07) is 13.4. The van der Waals surface area contributed by atoms with Gasteiger partial charge >= 0.3 is 0 Å². The van der Waals surface area contributed by atoms with Gasteiger partial charge in [0.2, 0.25) is 0 Å². The number of pyridine rings is 1. The van der Waals surface area contributed by atoms with Gasteiger partial charge in [-0.25, -0.2) is 0 Å². The van der Waals surface area contributed by atoms with Gasteiger partial charge in [0, 0.05) is 23.3 Å². The minimum atomic E-state index is 0.658. The van der Waals surface area contributed by atoms with Crippen molar-refractivity contribution in [1.29, 1.82) is 0 Å². The van der Waals surface area contributed by atoms with E-state index in [4.69, 9.17) is 4.98 Å². The lowest BCUT2D eigenvalue weighted by molar-refractivity contribution is 0.207. The van der Waals surface area contributed by atoms with Gasteiger partial charge in [0.15, 0.2) is 0 Å². The van der Waals surface area contributed by atoms with Crippen molar-refractivity contribution in [3.8, 4) is 0 Å². The Hall–Kier alpha value is -0.930. The van der Waals surface area contributed by atoms with E-state index in [2.05, 4.69) is 57.2 Å². The summed E-state index contributed by atoms with van der Waals surface area (Å²) >= 11 is 3.68. The third-order valence-electron chi connectivity index (χ3n) is 4.20. The number of aromatic nitrogens is 1. The molecule has 3 heteroatoms. The average molecular weight is 333 g/mol. The van der Waals surface area contributed by atoms with Crippen molar-refractivity contribution in [3.63, 3.8) is 0 Å². The van der Waals surface area contributed by atoms with E-state index in [-0.39, 0.29) is 0 Å². The van der Waals surface area contributed by atoms with Crippen LogP contribution in [0.15, 0.2) is 36.4 Å². The molecule has 2 heterocycles. The molecule has 1 saturated heterocycles. The Morgan fingerprint density at radius 1 is 1.10 bits per heavy atom. The highest BCUT2D eigenvalue weighted by atomic mass is 79.9. The van der Waals surface area contributed by atoms with E-state index in [0.717, 1.165) is 17.4 Å². The molecule has 0 radical (unpaired) electrons. The molecule has 1 aliphatic heterocycles. The van der Waals surface area contributed by atoms with Crippen LogP contribution in [0, 0.1) is 0 Å². The van der Waals surface area contributed by atoms with Gasteiger partial charge in [-0.3, -0.25) is 9.88 Å². The quantitative estimate of drug-likeness (QED) is 0.775. The van der Waals surface area contributed by atoms with Crippen LogP contribution in [0.3, 0.4) is 0 Å². The molecule has 2 nitrogen and oxygen atoms in total. The highest BCUT2D eigenvalue weighted by Crippen LogP contribution is 2.21. The fourth-order valence-corrected chi connectivity index (χ4v) is 3.76. The maximum Gasteiger partial charge on any atom is 0.0705 e. The fourth-order valence-electron chi connectivity index (χ4n) is 3.02. The molecular formula is C17H21BrN2. The van der Waals surface area contributed by atoms with E-state index in [1.54, 1.807) is 0 Å². The summed E-state index contributed by atoms with van der Waals surface area (Å²) in [7, 11) is 0. The number of likely N-dealkylation sites (tertiary alicyclic amines) is 1. The normalized spacial score (nSPS) is 20.9. The molecule has 0 spiro atoms. The standard InChI is InChI=1S/C17H21BrN2/c18-12-16-7-2-1-5-11-20(16)13-15-10-9-14-6-3-4-8-17(14)19-15/h3-4,6,8-10,16H,1-2,5,7,11-13H2. The van der Waals surface area contributed by atoms with Gasteiger partial charge in [-0.15, -0.1) is 0 Å². The van der Waals surface area contributed by atoms with Crippen molar-refractivity contribution in [1.82, 2.24) is 9.88 Å². The van der Waals surface area contributed by atoms with Crippen LogP contribution in [0.25, 0.3) is 10.9 Å². The lowest BCUT2D eigenvalue weighted by Crippen LogP contribution is -2.35. The zero-order valence-corrected chi connectivity index (χ0v) is 13.3. The van der Waals surface area contributed by atoms with Gasteiger partial charge in [-0.2, -0.15) is 0 Å². The summed E-state index contributed by atoms with van der Waals surface area (Å²) in [5.41, 5.74) is 2.30. The van der Waals surface area contributed by atoms with E-state index in [9.17, 15) is 0 Å². The molecule has 0 saturated carbocycles. The fraction of sp³-hybridized carbons (Fsp3) is 0.471. The number of hydrogen-bond acceptors (Lipinski definition) is 2. The van der Waals surface area contributed by atoms with Crippen molar-refractivity contribution >= 4 is 26.8 Å². The zero-order chi connectivity index (χ0) is 13.8. The van der Waals surface area contributed by atoms with E-state index in [1.807, 2.05) is 0 Å². The van der Waals surface area contributed by atoms with Crippen molar-refractivity contribution in [2.24, 2.45) is 0 Å². The molecule has 2 aromatic rings. The molecule has 1 unspecified atom stereocenters. The van der Waals surface area contributed by atoms with Crippen LogP contribution in [0.2, 0.25) is 0 Å². The second-order valence-corrected chi connectivity index (χ2v) is 6.27. The van der Waals surface area contributed by atoms with Crippen molar-refractivity contribution in [2.75, 3.05) is 11.9 Å². The van der Waals surface area contributed by atoms with E-state index in [0.29, 0.717) is 6.04 Å². The second-order valence-electron chi connectivity index (χ2n) is 5.62. The molecule has 0 amide bonds. The lowest BCUT2D eigenvalue weighted by atomic mass is 10.1. The van der Waals surface area contributed by atoms with Crippen LogP contribution in [0.5, 0.6) is 0 Å². The predicted octanol–water partition coefficient (Wildman–Crippen LogP) is 4.37. The zero-order valence-electron chi connectivity index (χ0n) is 11.8. The first-order chi connectivity index (χ1) is 9.86. The van der Waals surface area contributed by atoms with Gasteiger partial charge in [0.25, 0.3) is 0 Å². The number of fused-ring (bicyclic) bond motifs is 1. The Morgan fingerprint density at radius 3 is 2.90 bits per heavy atom. The van der Waals surface area contributed by atoms with E-state index < -0.39 is 0 Å². The molecule has 0 aliphatic carbocycles. The van der Waals surface area contributed by atoms with Gasteiger partial charge in [0.05, 0.1) is 11.2 Å². The molecule has 1 aliphatic rings. The van der Waals surface area contributed by atoms with Gasteiger partial charge < -0.3 is 0 Å². The number of hydrogen-bond donors (Lipinski definition) is 0. The maximum absolute atomic E-state index is 4.81. The van der Waals surface area contributed by atoms with Crippen molar-refractivity contribution in [2.45, 2.75) is 38.3 Å². The van der Waals surface area contributed by atoms with E-state index >= 15 is 0 Å². The number of nitrogens with zero attached hydrogens (tertiary/aromatic N) is 2. The summed E-state index contributed by atoms with van der Waals surface area (Å²) in [4.78, 5) is 7.41. The van der Waals surface area contributed by atoms with Crippen LogP contribution in [0.4, 0.5) is 0 Å². The number of halogens is 1. The lowest BCUT2D eigenvalue weighted by Gasteiger charge is -2.28. The Kier molecular flexibility index (Phi) is 4.69. The molecule has 20 heavy (non-hydrogen) atoms. The second kappa shape index (κ2) is 6.68. The largest absolute Gasteiger partial charge is 0.294 e. The van der Waals surface area contributed by atoms with Gasteiger partial charge in [0.1, 0.15) is 0 Å². The molecule has 1 atom stereocenters. The molecule has 1 fully saturated rings. The average Bonchev–Trinajstić information content (AvgIpc) is 2.72. The summed E-state index contributed by atoms with van der Waals surface area (Å²) in [5.74, 6) is 0. The molecular weight excluding hydrogens is 312 g/mol. The summed E-state index contributed by atoms with van der Waals surface area (Å²) in [5, 5.41) is 2.30. The van der Waals surface area contributed by atoms with Crippen LogP contribution in [0.1, 0.15) is 31.4 Å². The number of alkyl halides is 1. The van der Waals surface area contributed by atoms with Crippen LogP contribution < -0.4 is 0 Å². The number of para-hydroxylation sites is 1. The molecule has 1 aromatic carbocycles. The third-order valence-corrected chi connectivity index (χ3v) is 4.95.